The highest BCUT2D eigenvalue weighted by atomic mass is 127. The number of nitrogens with one attached hydrogen (secondary N) is 1. The van der Waals surface area contributed by atoms with Crippen LogP contribution in [0.15, 0.2) is 47.7 Å². The summed E-state index contributed by atoms with van der Waals surface area (Å²) in [6.45, 7) is 9.22. The van der Waals surface area contributed by atoms with Crippen LogP contribution in [0.3, 0.4) is 0 Å². The number of rotatable bonds is 6. The molecular formula is C21H31IN6O. The van der Waals surface area contributed by atoms with E-state index < -0.39 is 0 Å². The number of halogens is 1. The summed E-state index contributed by atoms with van der Waals surface area (Å²) < 4.78 is 5.96. The molecule has 0 aliphatic carbocycles. The Labute approximate surface area is 190 Å². The van der Waals surface area contributed by atoms with Gasteiger partial charge in [0.2, 0.25) is 5.95 Å². The summed E-state index contributed by atoms with van der Waals surface area (Å²) in [5, 5.41) is 3.48. The standard InChI is InChI=1S/C21H30N6O.HI/c1-17(2)16-28-19-8-5-4-7-18(19)15-25-20(22-3)26-11-13-27(14-12-26)21-23-9-6-10-24-21;/h4-10,17H,11-16H2,1-3H3,(H,22,25);1H. The Balaban J connectivity index is 0.00000300. The molecule has 1 saturated heterocycles. The largest absolute Gasteiger partial charge is 0.493 e. The second kappa shape index (κ2) is 11.8. The van der Waals surface area contributed by atoms with Gasteiger partial charge in [0, 0.05) is 57.7 Å². The third-order valence-electron chi connectivity index (χ3n) is 4.61. The van der Waals surface area contributed by atoms with Crippen LogP contribution in [0.1, 0.15) is 19.4 Å². The molecule has 8 heteroatoms. The number of anilines is 1. The SMILES string of the molecule is CN=C(NCc1ccccc1OCC(C)C)N1CCN(c2ncccn2)CC1.I. The highest BCUT2D eigenvalue weighted by molar-refractivity contribution is 14.0. The average Bonchev–Trinajstić information content (AvgIpc) is 2.74. The van der Waals surface area contributed by atoms with Gasteiger partial charge in [0.25, 0.3) is 0 Å². The molecule has 1 aromatic carbocycles. The summed E-state index contributed by atoms with van der Waals surface area (Å²) in [7, 11) is 1.83. The maximum Gasteiger partial charge on any atom is 0.225 e. The van der Waals surface area contributed by atoms with Crippen molar-refractivity contribution in [2.24, 2.45) is 10.9 Å². The number of nitrogens with zero attached hydrogens (tertiary/aromatic N) is 5. The van der Waals surface area contributed by atoms with Gasteiger partial charge in [-0.15, -0.1) is 24.0 Å². The molecule has 3 rings (SSSR count). The summed E-state index contributed by atoms with van der Waals surface area (Å²) >= 11 is 0. The Hall–Kier alpha value is -2.10. The zero-order valence-corrected chi connectivity index (χ0v) is 19.7. The number of hydrogen-bond acceptors (Lipinski definition) is 5. The first-order chi connectivity index (χ1) is 13.7. The Morgan fingerprint density at radius 3 is 2.45 bits per heavy atom. The van der Waals surface area contributed by atoms with Gasteiger partial charge in [0.05, 0.1) is 6.61 Å². The van der Waals surface area contributed by atoms with E-state index in [2.05, 4.69) is 50.0 Å². The Morgan fingerprint density at radius 2 is 1.79 bits per heavy atom. The number of aromatic nitrogens is 2. The lowest BCUT2D eigenvalue weighted by Gasteiger charge is -2.36. The molecule has 1 aliphatic rings. The zero-order chi connectivity index (χ0) is 19.8. The second-order valence-corrected chi connectivity index (χ2v) is 7.24. The maximum absolute atomic E-state index is 5.96. The van der Waals surface area contributed by atoms with Gasteiger partial charge in [-0.25, -0.2) is 9.97 Å². The number of hydrogen-bond donors (Lipinski definition) is 1. The van der Waals surface area contributed by atoms with Gasteiger partial charge in [-0.05, 0) is 18.1 Å². The van der Waals surface area contributed by atoms with Crippen molar-refractivity contribution >= 4 is 35.9 Å². The third kappa shape index (κ3) is 6.73. The van der Waals surface area contributed by atoms with E-state index in [0.29, 0.717) is 12.5 Å². The van der Waals surface area contributed by atoms with Gasteiger partial charge in [-0.1, -0.05) is 32.0 Å². The van der Waals surface area contributed by atoms with Gasteiger partial charge in [-0.2, -0.15) is 0 Å². The molecule has 1 aliphatic heterocycles. The van der Waals surface area contributed by atoms with Crippen molar-refractivity contribution in [2.45, 2.75) is 20.4 Å². The van der Waals surface area contributed by atoms with Crippen LogP contribution in [-0.4, -0.2) is 60.7 Å². The molecule has 0 radical (unpaired) electrons. The lowest BCUT2D eigenvalue weighted by Crippen LogP contribution is -2.52. The highest BCUT2D eigenvalue weighted by Gasteiger charge is 2.21. The summed E-state index contributed by atoms with van der Waals surface area (Å²) in [6.07, 6.45) is 3.57. The summed E-state index contributed by atoms with van der Waals surface area (Å²) in [4.78, 5) is 17.6. The van der Waals surface area contributed by atoms with Crippen LogP contribution in [0.4, 0.5) is 5.95 Å². The molecule has 0 unspecified atom stereocenters. The molecule has 0 amide bonds. The quantitative estimate of drug-likeness (QED) is 0.366. The lowest BCUT2D eigenvalue weighted by atomic mass is 10.2. The molecule has 1 N–H and O–H groups in total. The van der Waals surface area contributed by atoms with Gasteiger partial charge in [0.15, 0.2) is 5.96 Å². The molecule has 0 bridgehead atoms. The Morgan fingerprint density at radius 1 is 1.10 bits per heavy atom. The summed E-state index contributed by atoms with van der Waals surface area (Å²) in [5.74, 6) is 3.14. The van der Waals surface area contributed by atoms with Crippen molar-refractivity contribution in [2.75, 3.05) is 44.7 Å². The topological polar surface area (TPSA) is 65.9 Å². The van der Waals surface area contributed by atoms with Crippen LogP contribution in [-0.2, 0) is 6.54 Å². The van der Waals surface area contributed by atoms with Gasteiger partial charge >= 0.3 is 0 Å². The van der Waals surface area contributed by atoms with Gasteiger partial charge in [0.1, 0.15) is 5.75 Å². The van der Waals surface area contributed by atoms with Crippen molar-refractivity contribution < 1.29 is 4.74 Å². The number of para-hydroxylation sites is 1. The number of benzene rings is 1. The van der Waals surface area contributed by atoms with Crippen LogP contribution < -0.4 is 15.0 Å². The van der Waals surface area contributed by atoms with Crippen LogP contribution in [0.25, 0.3) is 0 Å². The van der Waals surface area contributed by atoms with Crippen molar-refractivity contribution in [1.29, 1.82) is 0 Å². The van der Waals surface area contributed by atoms with E-state index >= 15 is 0 Å². The van der Waals surface area contributed by atoms with E-state index in [1.165, 1.54) is 0 Å². The molecule has 29 heavy (non-hydrogen) atoms. The monoisotopic (exact) mass is 510 g/mol. The van der Waals surface area contributed by atoms with E-state index in [4.69, 9.17) is 4.74 Å². The fraction of sp³-hybridized carbons (Fsp3) is 0.476. The molecule has 7 nitrogen and oxygen atoms in total. The molecule has 0 spiro atoms. The zero-order valence-electron chi connectivity index (χ0n) is 17.4. The number of guanidine groups is 1. The second-order valence-electron chi connectivity index (χ2n) is 7.24. The Bertz CT molecular complexity index is 763. The molecule has 2 aromatic rings. The fourth-order valence-corrected chi connectivity index (χ4v) is 3.13. The maximum atomic E-state index is 5.96. The average molecular weight is 510 g/mol. The van der Waals surface area contributed by atoms with Crippen LogP contribution in [0, 0.1) is 5.92 Å². The van der Waals surface area contributed by atoms with E-state index in [0.717, 1.165) is 56.0 Å². The highest BCUT2D eigenvalue weighted by Crippen LogP contribution is 2.19. The number of ether oxygens (including phenoxy) is 1. The normalized spacial score (nSPS) is 14.6. The van der Waals surface area contributed by atoms with E-state index in [9.17, 15) is 0 Å². The van der Waals surface area contributed by atoms with Crippen molar-refractivity contribution in [3.63, 3.8) is 0 Å². The lowest BCUT2D eigenvalue weighted by molar-refractivity contribution is 0.268. The molecule has 0 saturated carbocycles. The van der Waals surface area contributed by atoms with Crippen LogP contribution in [0.2, 0.25) is 0 Å². The van der Waals surface area contributed by atoms with Crippen molar-refractivity contribution in [3.8, 4) is 5.75 Å². The first kappa shape index (κ1) is 23.2. The minimum absolute atomic E-state index is 0. The first-order valence-corrected chi connectivity index (χ1v) is 9.85. The predicted molar refractivity (Wildman–Crippen MR) is 128 cm³/mol. The van der Waals surface area contributed by atoms with E-state index in [-0.39, 0.29) is 24.0 Å². The molecular weight excluding hydrogens is 479 g/mol. The van der Waals surface area contributed by atoms with E-state index in [1.807, 2.05) is 31.3 Å². The minimum Gasteiger partial charge on any atom is -0.493 e. The smallest absolute Gasteiger partial charge is 0.225 e. The fourth-order valence-electron chi connectivity index (χ4n) is 3.13. The molecule has 1 fully saturated rings. The van der Waals surface area contributed by atoms with Crippen molar-refractivity contribution in [3.05, 3.63) is 48.3 Å². The number of piperazine rings is 1. The first-order valence-electron chi connectivity index (χ1n) is 9.85. The summed E-state index contributed by atoms with van der Waals surface area (Å²) in [6, 6.07) is 10.0. The minimum atomic E-state index is 0. The molecule has 2 heterocycles. The van der Waals surface area contributed by atoms with E-state index in [1.54, 1.807) is 12.4 Å². The predicted octanol–water partition coefficient (Wildman–Crippen LogP) is 3.03. The Kier molecular flexibility index (Phi) is 9.43. The molecule has 0 atom stereocenters. The van der Waals surface area contributed by atoms with Crippen LogP contribution >= 0.6 is 24.0 Å². The van der Waals surface area contributed by atoms with Crippen molar-refractivity contribution in [1.82, 2.24) is 20.2 Å². The van der Waals surface area contributed by atoms with Gasteiger partial charge in [-0.3, -0.25) is 4.99 Å². The van der Waals surface area contributed by atoms with Gasteiger partial charge < -0.3 is 19.9 Å². The third-order valence-corrected chi connectivity index (χ3v) is 4.61. The molecule has 1 aromatic heterocycles. The summed E-state index contributed by atoms with van der Waals surface area (Å²) in [5.41, 5.74) is 1.14. The van der Waals surface area contributed by atoms with Crippen LogP contribution in [0.5, 0.6) is 5.75 Å². The molecule has 158 valence electrons. The number of aliphatic imine (C=N–C) groups is 1.